The second kappa shape index (κ2) is 6.57. The van der Waals surface area contributed by atoms with E-state index < -0.39 is 11.4 Å². The molecule has 1 unspecified atom stereocenters. The maximum atomic E-state index is 12.5. The standard InChI is InChI=1S/C16H14F3N5O2S/c17-16(18,19)27-11-3-1-2-10(4-11)23-7-13-12(23)8-24(13)15-20-5-9(6-21-15)14(25)22-26/h1-6,12-13,26H,7-8H2,(H,22,25)/t12?,13-/m1/s1. The summed E-state index contributed by atoms with van der Waals surface area (Å²) >= 11 is -0.118. The van der Waals surface area contributed by atoms with Crippen LogP contribution < -0.4 is 15.3 Å². The Hall–Kier alpha value is -2.53. The number of hydrogen-bond acceptors (Lipinski definition) is 7. The Kier molecular flexibility index (Phi) is 4.35. The highest BCUT2D eigenvalue weighted by Gasteiger charge is 2.52. The Morgan fingerprint density at radius 1 is 1.19 bits per heavy atom. The third-order valence-electron chi connectivity index (χ3n) is 4.65. The van der Waals surface area contributed by atoms with Crippen molar-refractivity contribution in [1.82, 2.24) is 15.4 Å². The van der Waals surface area contributed by atoms with Gasteiger partial charge in [-0.15, -0.1) is 0 Å². The third-order valence-corrected chi connectivity index (χ3v) is 5.38. The number of amides is 1. The van der Waals surface area contributed by atoms with Crippen molar-refractivity contribution in [1.29, 1.82) is 0 Å². The molecule has 1 amide bonds. The lowest BCUT2D eigenvalue weighted by Crippen LogP contribution is -2.79. The van der Waals surface area contributed by atoms with Crippen molar-refractivity contribution in [2.75, 3.05) is 22.9 Å². The number of piperazine rings is 1. The number of benzene rings is 1. The van der Waals surface area contributed by atoms with E-state index in [2.05, 4.69) is 14.9 Å². The molecular formula is C16H14F3N5O2S. The highest BCUT2D eigenvalue weighted by Crippen LogP contribution is 2.42. The Bertz CT molecular complexity index is 864. The first-order chi connectivity index (χ1) is 12.9. The molecule has 2 saturated heterocycles. The van der Waals surface area contributed by atoms with E-state index in [4.69, 9.17) is 5.21 Å². The van der Waals surface area contributed by atoms with Crippen molar-refractivity contribution in [2.45, 2.75) is 22.5 Å². The molecule has 0 radical (unpaired) electrons. The molecule has 2 aromatic rings. The summed E-state index contributed by atoms with van der Waals surface area (Å²) in [6, 6.07) is 6.81. The Balaban J connectivity index is 1.40. The number of fused-ring (bicyclic) bond motifs is 1. The molecule has 11 heteroatoms. The summed E-state index contributed by atoms with van der Waals surface area (Å²) in [4.78, 5) is 23.8. The van der Waals surface area contributed by atoms with Gasteiger partial charge in [0.1, 0.15) is 0 Å². The predicted octanol–water partition coefficient (Wildman–Crippen LogP) is 2.28. The van der Waals surface area contributed by atoms with Gasteiger partial charge in [0.15, 0.2) is 0 Å². The number of nitrogens with one attached hydrogen (secondary N) is 1. The number of nitrogens with zero attached hydrogens (tertiary/aromatic N) is 4. The minimum atomic E-state index is -4.31. The summed E-state index contributed by atoms with van der Waals surface area (Å²) in [5, 5.41) is 8.59. The van der Waals surface area contributed by atoms with Gasteiger partial charge in [0.05, 0.1) is 17.6 Å². The number of aromatic nitrogens is 2. The van der Waals surface area contributed by atoms with Crippen LogP contribution in [0.4, 0.5) is 24.8 Å². The van der Waals surface area contributed by atoms with Crippen molar-refractivity contribution < 1.29 is 23.2 Å². The number of carbonyl (C=O) groups excluding carboxylic acids is 1. The molecule has 1 aromatic heterocycles. The van der Waals surface area contributed by atoms with E-state index >= 15 is 0 Å². The number of thioether (sulfide) groups is 1. The van der Waals surface area contributed by atoms with Gasteiger partial charge in [0.25, 0.3) is 5.91 Å². The van der Waals surface area contributed by atoms with Crippen LogP contribution >= 0.6 is 11.8 Å². The fraction of sp³-hybridized carbons (Fsp3) is 0.312. The topological polar surface area (TPSA) is 81.6 Å². The van der Waals surface area contributed by atoms with Crippen LogP contribution in [0.1, 0.15) is 10.4 Å². The normalized spacial score (nSPS) is 21.2. The van der Waals surface area contributed by atoms with E-state index in [1.807, 2.05) is 4.90 Å². The Morgan fingerprint density at radius 2 is 1.85 bits per heavy atom. The molecule has 4 rings (SSSR count). The Morgan fingerprint density at radius 3 is 2.44 bits per heavy atom. The molecule has 27 heavy (non-hydrogen) atoms. The first kappa shape index (κ1) is 17.9. The van der Waals surface area contributed by atoms with Crippen molar-refractivity contribution in [2.24, 2.45) is 0 Å². The highest BCUT2D eigenvalue weighted by molar-refractivity contribution is 8.00. The molecule has 7 nitrogen and oxygen atoms in total. The van der Waals surface area contributed by atoms with Crippen molar-refractivity contribution in [3.63, 3.8) is 0 Å². The first-order valence-electron chi connectivity index (χ1n) is 8.01. The van der Waals surface area contributed by atoms with Crippen LogP contribution in [0.2, 0.25) is 0 Å². The molecule has 2 atom stereocenters. The van der Waals surface area contributed by atoms with Crippen molar-refractivity contribution in [3.8, 4) is 0 Å². The van der Waals surface area contributed by atoms with Gasteiger partial charge in [-0.05, 0) is 30.0 Å². The number of hydroxylamine groups is 1. The number of rotatable bonds is 4. The predicted molar refractivity (Wildman–Crippen MR) is 91.9 cm³/mol. The molecule has 1 aromatic carbocycles. The van der Waals surface area contributed by atoms with Gasteiger partial charge in [0.2, 0.25) is 5.95 Å². The van der Waals surface area contributed by atoms with Gasteiger partial charge in [-0.25, -0.2) is 15.4 Å². The molecular weight excluding hydrogens is 383 g/mol. The smallest absolute Gasteiger partial charge is 0.362 e. The maximum absolute atomic E-state index is 12.5. The zero-order chi connectivity index (χ0) is 19.2. The average Bonchev–Trinajstić information content (AvgIpc) is 2.62. The van der Waals surface area contributed by atoms with Gasteiger partial charge in [-0.1, -0.05) is 6.07 Å². The average molecular weight is 397 g/mol. The molecule has 142 valence electrons. The minimum Gasteiger partial charge on any atom is -0.362 e. The molecule has 2 aliphatic heterocycles. The number of hydrogen-bond donors (Lipinski definition) is 2. The molecule has 2 fully saturated rings. The molecule has 2 aliphatic rings. The van der Waals surface area contributed by atoms with Crippen LogP contribution in [0, 0.1) is 0 Å². The monoisotopic (exact) mass is 397 g/mol. The lowest BCUT2D eigenvalue weighted by atomic mass is 9.85. The molecule has 0 saturated carbocycles. The number of anilines is 2. The van der Waals surface area contributed by atoms with E-state index in [9.17, 15) is 18.0 Å². The number of alkyl halides is 3. The summed E-state index contributed by atoms with van der Waals surface area (Å²) in [5.41, 5.74) is -1.88. The van der Waals surface area contributed by atoms with E-state index in [0.29, 0.717) is 19.0 Å². The zero-order valence-corrected chi connectivity index (χ0v) is 14.5. The molecule has 0 aliphatic carbocycles. The third kappa shape index (κ3) is 3.39. The lowest BCUT2D eigenvalue weighted by molar-refractivity contribution is -0.0328. The Labute approximate surface area is 156 Å². The van der Waals surface area contributed by atoms with Crippen molar-refractivity contribution >= 4 is 29.3 Å². The van der Waals surface area contributed by atoms with Gasteiger partial charge in [-0.2, -0.15) is 13.2 Å². The second-order valence-corrected chi connectivity index (χ2v) is 7.34. The van der Waals surface area contributed by atoms with Crippen LogP contribution in [0.25, 0.3) is 0 Å². The molecule has 2 N–H and O–H groups in total. The summed E-state index contributed by atoms with van der Waals surface area (Å²) in [5.74, 6) is -0.207. The maximum Gasteiger partial charge on any atom is 0.446 e. The fourth-order valence-electron chi connectivity index (χ4n) is 3.29. The van der Waals surface area contributed by atoms with Crippen LogP contribution in [-0.2, 0) is 0 Å². The van der Waals surface area contributed by atoms with E-state index in [0.717, 1.165) is 5.69 Å². The zero-order valence-electron chi connectivity index (χ0n) is 13.7. The molecule has 0 bridgehead atoms. The summed E-state index contributed by atoms with van der Waals surface area (Å²) < 4.78 is 37.6. The lowest BCUT2D eigenvalue weighted by Gasteiger charge is -2.62. The van der Waals surface area contributed by atoms with Gasteiger partial charge < -0.3 is 9.80 Å². The second-order valence-electron chi connectivity index (χ2n) is 6.20. The largest absolute Gasteiger partial charge is 0.446 e. The summed E-state index contributed by atoms with van der Waals surface area (Å²) in [6.45, 7) is 1.31. The van der Waals surface area contributed by atoms with Gasteiger partial charge in [-0.3, -0.25) is 10.0 Å². The van der Waals surface area contributed by atoms with Gasteiger partial charge in [0, 0.05) is 36.1 Å². The number of carbonyl (C=O) groups is 1. The van der Waals surface area contributed by atoms with Gasteiger partial charge >= 0.3 is 5.51 Å². The summed E-state index contributed by atoms with van der Waals surface area (Å²) in [7, 11) is 0. The minimum absolute atomic E-state index is 0.118. The molecule has 3 heterocycles. The van der Waals surface area contributed by atoms with Crippen LogP contribution in [0.3, 0.4) is 0 Å². The summed E-state index contributed by atoms with van der Waals surface area (Å²) in [6.07, 6.45) is 2.66. The van der Waals surface area contributed by atoms with E-state index in [1.54, 1.807) is 18.2 Å². The van der Waals surface area contributed by atoms with E-state index in [1.165, 1.54) is 23.9 Å². The quantitative estimate of drug-likeness (QED) is 0.465. The van der Waals surface area contributed by atoms with Crippen LogP contribution in [0.15, 0.2) is 41.6 Å². The SMILES string of the molecule is O=C(NO)c1cnc(N2CC3[C@H]2CN3c2cccc(SC(F)(F)F)c2)nc1. The number of halogens is 3. The fourth-order valence-corrected chi connectivity index (χ4v) is 3.88. The van der Waals surface area contributed by atoms with Crippen molar-refractivity contribution in [3.05, 3.63) is 42.2 Å². The first-order valence-corrected chi connectivity index (χ1v) is 8.83. The van der Waals surface area contributed by atoms with E-state index in [-0.39, 0.29) is 34.3 Å². The highest BCUT2D eigenvalue weighted by atomic mass is 32.2. The van der Waals surface area contributed by atoms with Crippen LogP contribution in [0.5, 0.6) is 0 Å². The van der Waals surface area contributed by atoms with Crippen LogP contribution in [-0.4, -0.2) is 51.8 Å². The molecule has 0 spiro atoms.